The fraction of sp³-hybridized carbons (Fsp3) is 0.217. The van der Waals surface area contributed by atoms with Gasteiger partial charge in [-0.15, -0.1) is 10.2 Å². The molecule has 4 aromatic rings. The normalized spacial score (nSPS) is 10.7. The van der Waals surface area contributed by atoms with Gasteiger partial charge in [0.1, 0.15) is 10.8 Å². The van der Waals surface area contributed by atoms with Gasteiger partial charge in [-0.25, -0.2) is 13.4 Å². The van der Waals surface area contributed by atoms with Crippen LogP contribution in [0.3, 0.4) is 0 Å². The van der Waals surface area contributed by atoms with Crippen LogP contribution in [0.5, 0.6) is 17.2 Å². The minimum atomic E-state index is -3.61. The van der Waals surface area contributed by atoms with Gasteiger partial charge in [0.15, 0.2) is 11.5 Å². The van der Waals surface area contributed by atoms with Gasteiger partial charge in [0.05, 0.1) is 26.2 Å². The molecule has 0 radical (unpaired) electrons. The Hall–Kier alpha value is -4.37. The van der Waals surface area contributed by atoms with Crippen molar-refractivity contribution in [3.8, 4) is 17.2 Å². The molecule has 0 unspecified atom stereocenters. The van der Waals surface area contributed by atoms with Gasteiger partial charge in [-0.2, -0.15) is 4.98 Å². The number of nitrogens with one attached hydrogen (secondary N) is 1. The average molecular weight is 561 g/mol. The van der Waals surface area contributed by atoms with Gasteiger partial charge in [0.2, 0.25) is 16.8 Å². The number of aromatic nitrogens is 4. The Kier molecular flexibility index (Phi) is 9.09. The highest BCUT2D eigenvalue weighted by Gasteiger charge is 2.16. The average Bonchev–Trinajstić information content (AvgIpc) is 3.29. The fourth-order valence-electron chi connectivity index (χ4n) is 3.19. The van der Waals surface area contributed by atoms with E-state index in [1.807, 2.05) is 12.1 Å². The summed E-state index contributed by atoms with van der Waals surface area (Å²) in [4.78, 5) is 8.04. The highest BCUT2D eigenvalue weighted by atomic mass is 32.2. The summed E-state index contributed by atoms with van der Waals surface area (Å²) < 4.78 is 42.1. The lowest BCUT2D eigenvalue weighted by atomic mass is 10.1. The molecule has 0 aliphatic carbocycles. The van der Waals surface area contributed by atoms with Crippen molar-refractivity contribution in [1.29, 1.82) is 0 Å². The van der Waals surface area contributed by atoms with E-state index >= 15 is 0 Å². The van der Waals surface area contributed by atoms with E-state index in [1.54, 1.807) is 34.4 Å². The number of ether oxygens (including phenoxy) is 3. The lowest BCUT2D eigenvalue weighted by Crippen LogP contribution is -2.12. The van der Waals surface area contributed by atoms with Crippen molar-refractivity contribution in [3.05, 3.63) is 58.7 Å². The molecular formula is C23H28N8O5S2. The number of aryl methyl sites for hydroxylation is 1. The van der Waals surface area contributed by atoms with Crippen molar-refractivity contribution in [1.82, 2.24) is 20.2 Å². The van der Waals surface area contributed by atoms with Crippen molar-refractivity contribution in [3.63, 3.8) is 0 Å². The van der Waals surface area contributed by atoms with Gasteiger partial charge in [-0.1, -0.05) is 11.3 Å². The van der Waals surface area contributed by atoms with Crippen LogP contribution in [0.25, 0.3) is 0 Å². The molecule has 0 bridgehead atoms. The molecular weight excluding hydrogens is 532 g/mol. The Labute approximate surface area is 224 Å². The highest BCUT2D eigenvalue weighted by molar-refractivity contribution is 7.93. The summed E-state index contributed by atoms with van der Waals surface area (Å²) in [6, 6.07) is 9.64. The van der Waals surface area contributed by atoms with Crippen molar-refractivity contribution < 1.29 is 22.6 Å². The summed E-state index contributed by atoms with van der Waals surface area (Å²) in [5.41, 5.74) is 19.1. The number of nitrogens with two attached hydrogens (primary N) is 3. The first-order valence-electron chi connectivity index (χ1n) is 10.9. The van der Waals surface area contributed by atoms with Crippen LogP contribution >= 0.6 is 11.3 Å². The van der Waals surface area contributed by atoms with E-state index in [0.29, 0.717) is 40.2 Å². The zero-order chi connectivity index (χ0) is 27.9. The molecule has 2 aromatic heterocycles. The summed E-state index contributed by atoms with van der Waals surface area (Å²) in [7, 11) is 1.09. The number of hydrogen-bond acceptors (Lipinski definition) is 13. The number of methoxy groups -OCH3 is 3. The summed E-state index contributed by atoms with van der Waals surface area (Å²) in [6.07, 6.45) is 2.14. The van der Waals surface area contributed by atoms with Crippen LogP contribution in [0.2, 0.25) is 0 Å². The molecule has 0 atom stereocenters. The number of anilines is 4. The Bertz CT molecular complexity index is 1470. The molecule has 0 amide bonds. The molecule has 0 aliphatic rings. The van der Waals surface area contributed by atoms with Gasteiger partial charge in [0, 0.05) is 23.9 Å². The second kappa shape index (κ2) is 12.2. The van der Waals surface area contributed by atoms with Gasteiger partial charge in [-0.05, 0) is 48.9 Å². The molecule has 0 fully saturated rings. The quantitative estimate of drug-likeness (QED) is 0.229. The largest absolute Gasteiger partial charge is 0.493 e. The van der Waals surface area contributed by atoms with Crippen LogP contribution in [0.15, 0.2) is 47.5 Å². The summed E-state index contributed by atoms with van der Waals surface area (Å²) in [5, 5.41) is 8.37. The number of rotatable bonds is 8. The van der Waals surface area contributed by atoms with Gasteiger partial charge < -0.3 is 31.4 Å². The van der Waals surface area contributed by atoms with Gasteiger partial charge >= 0.3 is 0 Å². The van der Waals surface area contributed by atoms with Crippen molar-refractivity contribution in [2.45, 2.75) is 18.2 Å². The van der Waals surface area contributed by atoms with Crippen LogP contribution in [0.4, 0.5) is 22.6 Å². The topological polar surface area (TPSA) is 203 Å². The van der Waals surface area contributed by atoms with E-state index in [2.05, 4.69) is 24.9 Å². The van der Waals surface area contributed by atoms with E-state index in [1.165, 1.54) is 35.6 Å². The fourth-order valence-corrected chi connectivity index (χ4v) is 5.01. The Morgan fingerprint density at radius 2 is 1.58 bits per heavy atom. The zero-order valence-electron chi connectivity index (χ0n) is 21.1. The maximum absolute atomic E-state index is 11.9. The summed E-state index contributed by atoms with van der Waals surface area (Å²) in [6.45, 7) is 1.75. The first kappa shape index (κ1) is 28.2. The number of nitrogens with zero attached hydrogens (tertiary/aromatic N) is 4. The predicted octanol–water partition coefficient (Wildman–Crippen LogP) is 2.49. The highest BCUT2D eigenvalue weighted by Crippen LogP contribution is 2.38. The molecule has 7 N–H and O–H groups in total. The first-order chi connectivity index (χ1) is 18.1. The molecule has 2 heterocycles. The van der Waals surface area contributed by atoms with Crippen LogP contribution in [-0.4, -0.2) is 49.9 Å². The molecule has 2 aromatic carbocycles. The van der Waals surface area contributed by atoms with Crippen molar-refractivity contribution >= 4 is 43.9 Å². The monoisotopic (exact) mass is 560 g/mol. The minimum Gasteiger partial charge on any atom is -0.493 e. The molecule has 38 heavy (non-hydrogen) atoms. The number of hydrogen-bond donors (Lipinski definition) is 4. The van der Waals surface area contributed by atoms with Crippen LogP contribution < -0.4 is 36.1 Å². The van der Waals surface area contributed by atoms with E-state index in [-0.39, 0.29) is 16.0 Å². The maximum atomic E-state index is 11.9. The third-order valence-corrected chi connectivity index (χ3v) is 7.21. The third-order valence-electron chi connectivity index (χ3n) is 4.97. The predicted molar refractivity (Wildman–Crippen MR) is 146 cm³/mol. The Morgan fingerprint density at radius 1 is 0.947 bits per heavy atom. The van der Waals surface area contributed by atoms with Crippen molar-refractivity contribution in [2.24, 2.45) is 0 Å². The molecule has 0 saturated heterocycles. The van der Waals surface area contributed by atoms with E-state index in [4.69, 9.17) is 31.4 Å². The van der Waals surface area contributed by atoms with Gasteiger partial charge in [-0.3, -0.25) is 4.72 Å². The van der Waals surface area contributed by atoms with Gasteiger partial charge in [0.25, 0.3) is 10.0 Å². The van der Waals surface area contributed by atoms with Crippen LogP contribution in [-0.2, 0) is 16.4 Å². The maximum Gasteiger partial charge on any atom is 0.263 e. The SMILES string of the molecule is COc1cc(Cc2cnc(N)nc2N)cc(OC)c1OC.Cc1nnc(NS(=O)(=O)c2ccc(N)cc2)s1. The minimum absolute atomic E-state index is 0.138. The Balaban J connectivity index is 0.000000215. The molecule has 0 spiro atoms. The third kappa shape index (κ3) is 7.10. The molecule has 0 saturated carbocycles. The van der Waals surface area contributed by atoms with Crippen molar-refractivity contribution in [2.75, 3.05) is 43.3 Å². The van der Waals surface area contributed by atoms with E-state index < -0.39 is 10.0 Å². The molecule has 4 rings (SSSR count). The molecule has 13 nitrogen and oxygen atoms in total. The second-order valence-corrected chi connectivity index (χ2v) is 10.5. The lowest BCUT2D eigenvalue weighted by molar-refractivity contribution is 0.324. The standard InChI is InChI=1S/C14H18N4O3.C9H10N4O2S2/c1-19-10-5-8(6-11(20-2)12(10)21-3)4-9-7-17-14(16)18-13(9)15;1-6-11-12-9(16-6)13-17(14,15)8-4-2-7(10)3-5-8/h5-7H,4H2,1-3H3,(H4,15,16,17,18);2-5H,10H2,1H3,(H,12,13). The zero-order valence-corrected chi connectivity index (χ0v) is 22.8. The summed E-state index contributed by atoms with van der Waals surface area (Å²) in [5.74, 6) is 2.23. The summed E-state index contributed by atoms with van der Waals surface area (Å²) >= 11 is 1.18. The number of sulfonamides is 1. The first-order valence-corrected chi connectivity index (χ1v) is 13.2. The smallest absolute Gasteiger partial charge is 0.263 e. The lowest BCUT2D eigenvalue weighted by Gasteiger charge is -2.14. The molecule has 15 heteroatoms. The van der Waals surface area contributed by atoms with E-state index in [0.717, 1.165) is 11.1 Å². The Morgan fingerprint density at radius 3 is 2.08 bits per heavy atom. The number of nitrogen functional groups attached to an aromatic ring is 3. The second-order valence-electron chi connectivity index (χ2n) is 7.65. The van der Waals surface area contributed by atoms with Crippen LogP contribution in [0.1, 0.15) is 16.1 Å². The molecule has 202 valence electrons. The number of benzene rings is 2. The van der Waals surface area contributed by atoms with E-state index in [9.17, 15) is 8.42 Å². The molecule has 0 aliphatic heterocycles. The van der Waals surface area contributed by atoms with Crippen LogP contribution in [0, 0.1) is 6.92 Å².